The number of carbonyl (C=O) groups is 1. The number of nitrogens with one attached hydrogen (secondary N) is 1. The molecule has 17 heteroatoms. The Morgan fingerprint density at radius 2 is 1.33 bits per heavy atom. The molecule has 2 N–H and O–H groups in total. The molecule has 36 heavy (non-hydrogen) atoms. The third-order valence-corrected chi connectivity index (χ3v) is 7.65. The number of sulfonamides is 2. The number of aliphatic carboxylic acids is 1. The van der Waals surface area contributed by atoms with E-state index in [2.05, 4.69) is 15.3 Å². The maximum Gasteiger partial charge on any atom is 0.490 e. The van der Waals surface area contributed by atoms with Crippen molar-refractivity contribution >= 4 is 26.0 Å². The van der Waals surface area contributed by atoms with Gasteiger partial charge in [-0.3, -0.25) is 0 Å². The maximum absolute atomic E-state index is 12.8. The topological polar surface area (TPSA) is 166 Å². The van der Waals surface area contributed by atoms with Crippen LogP contribution >= 0.6 is 0 Å². The van der Waals surface area contributed by atoms with Gasteiger partial charge in [0.05, 0.1) is 34.9 Å². The van der Waals surface area contributed by atoms with Crippen molar-refractivity contribution in [2.45, 2.75) is 16.1 Å². The molecule has 0 fully saturated rings. The molecule has 2 heterocycles. The van der Waals surface area contributed by atoms with Gasteiger partial charge in [-0.2, -0.15) is 33.3 Å². The Morgan fingerprint density at radius 1 is 0.778 bits per heavy atom. The molecule has 0 aliphatic heterocycles. The standard InChI is InChI=1S/C17H14N6O4S2.C2HF3O2/c24-28(25,16-8-6-15(7-9-16)23-19-12-13-20-23)21-29(26,27)17-10-11-18-22(17)14-4-2-1-3-5-14;3-2(4,5)1(6)7/h1-13,21H;(H,6,7). The Balaban J connectivity index is 0.000000454. The fraction of sp³-hybridized carbons (Fsp3) is 0.0526. The van der Waals surface area contributed by atoms with Gasteiger partial charge in [0.2, 0.25) is 0 Å². The Labute approximate surface area is 201 Å². The van der Waals surface area contributed by atoms with Crippen LogP contribution in [0.5, 0.6) is 0 Å². The molecular formula is C19H15F3N6O6S2. The lowest BCUT2D eigenvalue weighted by Gasteiger charge is -2.10. The molecule has 0 radical (unpaired) electrons. The van der Waals surface area contributed by atoms with Crippen LogP contribution in [0.2, 0.25) is 0 Å². The number of alkyl halides is 3. The van der Waals surface area contributed by atoms with E-state index in [1.54, 1.807) is 34.5 Å². The first-order chi connectivity index (χ1) is 16.8. The molecule has 0 amide bonds. The van der Waals surface area contributed by atoms with Crippen molar-refractivity contribution in [3.05, 3.63) is 79.3 Å². The van der Waals surface area contributed by atoms with Gasteiger partial charge in [-0.15, -0.1) is 0 Å². The molecule has 0 aliphatic carbocycles. The van der Waals surface area contributed by atoms with E-state index in [1.807, 2.05) is 0 Å². The number of rotatable bonds is 6. The summed E-state index contributed by atoms with van der Waals surface area (Å²) in [6.07, 6.45) is -0.844. The normalized spacial score (nSPS) is 12.0. The molecule has 2 aromatic carbocycles. The van der Waals surface area contributed by atoms with Crippen molar-refractivity contribution in [3.63, 3.8) is 0 Å². The zero-order chi connectivity index (χ0) is 26.6. The van der Waals surface area contributed by atoms with E-state index in [-0.39, 0.29) is 9.92 Å². The van der Waals surface area contributed by atoms with Gasteiger partial charge >= 0.3 is 12.1 Å². The average molecular weight is 544 g/mol. The number of para-hydroxylation sites is 1. The summed E-state index contributed by atoms with van der Waals surface area (Å²) in [6, 6.07) is 15.2. The number of hydrogen-bond donors (Lipinski definition) is 2. The van der Waals surface area contributed by atoms with Crippen molar-refractivity contribution in [3.8, 4) is 11.4 Å². The molecule has 0 atom stereocenters. The Morgan fingerprint density at radius 3 is 1.86 bits per heavy atom. The average Bonchev–Trinajstić information content (AvgIpc) is 3.52. The van der Waals surface area contributed by atoms with E-state index in [4.69, 9.17) is 9.90 Å². The summed E-state index contributed by atoms with van der Waals surface area (Å²) in [5.74, 6) is -2.76. The number of benzene rings is 2. The van der Waals surface area contributed by atoms with Gasteiger partial charge in [-0.25, -0.2) is 26.3 Å². The highest BCUT2D eigenvalue weighted by Crippen LogP contribution is 2.18. The van der Waals surface area contributed by atoms with Gasteiger partial charge in [0, 0.05) is 0 Å². The van der Waals surface area contributed by atoms with E-state index in [1.165, 1.54) is 53.7 Å². The monoisotopic (exact) mass is 544 g/mol. The van der Waals surface area contributed by atoms with Crippen LogP contribution in [0.25, 0.3) is 11.4 Å². The predicted octanol–water partition coefficient (Wildman–Crippen LogP) is 1.75. The molecule has 0 spiro atoms. The third-order valence-electron chi connectivity index (χ3n) is 4.14. The van der Waals surface area contributed by atoms with Crippen molar-refractivity contribution in [1.82, 2.24) is 28.9 Å². The van der Waals surface area contributed by atoms with E-state index in [0.717, 1.165) is 4.68 Å². The molecule has 0 unspecified atom stereocenters. The second-order valence-electron chi connectivity index (χ2n) is 6.62. The highest BCUT2D eigenvalue weighted by molar-refractivity contribution is 8.04. The minimum Gasteiger partial charge on any atom is -0.475 e. The first-order valence-electron chi connectivity index (χ1n) is 9.46. The highest BCUT2D eigenvalue weighted by Gasteiger charge is 2.38. The van der Waals surface area contributed by atoms with E-state index in [9.17, 15) is 30.0 Å². The summed E-state index contributed by atoms with van der Waals surface area (Å²) in [5.41, 5.74) is 1.00. The maximum atomic E-state index is 12.8. The predicted molar refractivity (Wildman–Crippen MR) is 116 cm³/mol. The van der Waals surface area contributed by atoms with E-state index in [0.29, 0.717) is 11.4 Å². The fourth-order valence-corrected chi connectivity index (χ4v) is 5.60. The lowest BCUT2D eigenvalue weighted by atomic mass is 10.3. The molecule has 4 aromatic rings. The fourth-order valence-electron chi connectivity index (χ4n) is 2.60. The lowest BCUT2D eigenvalue weighted by Crippen LogP contribution is -2.32. The van der Waals surface area contributed by atoms with Gasteiger partial charge in [-0.1, -0.05) is 22.3 Å². The summed E-state index contributed by atoms with van der Waals surface area (Å²) < 4.78 is 85.4. The molecule has 0 bridgehead atoms. The van der Waals surface area contributed by atoms with Crippen LogP contribution in [0.4, 0.5) is 13.2 Å². The van der Waals surface area contributed by atoms with Crippen molar-refractivity contribution < 1.29 is 39.9 Å². The third kappa shape index (κ3) is 6.32. The molecule has 4 rings (SSSR count). The molecule has 12 nitrogen and oxygen atoms in total. The summed E-state index contributed by atoms with van der Waals surface area (Å²) >= 11 is 0. The summed E-state index contributed by atoms with van der Waals surface area (Å²) in [6.45, 7) is 0. The van der Waals surface area contributed by atoms with Gasteiger partial charge in [-0.05, 0) is 42.5 Å². The Hall–Kier alpha value is -4.09. The van der Waals surface area contributed by atoms with Crippen LogP contribution in [0.1, 0.15) is 0 Å². The number of aromatic nitrogens is 5. The molecule has 0 aliphatic rings. The van der Waals surface area contributed by atoms with E-state index < -0.39 is 32.2 Å². The lowest BCUT2D eigenvalue weighted by molar-refractivity contribution is -0.192. The van der Waals surface area contributed by atoms with Gasteiger partial charge in [0.15, 0.2) is 5.03 Å². The second kappa shape index (κ2) is 10.3. The number of hydrogen-bond acceptors (Lipinski definition) is 8. The van der Waals surface area contributed by atoms with Crippen LogP contribution in [0, 0.1) is 0 Å². The van der Waals surface area contributed by atoms with Gasteiger partial charge in [0.25, 0.3) is 20.0 Å². The smallest absolute Gasteiger partial charge is 0.475 e. The number of carboxylic acid groups (broad SMARTS) is 1. The van der Waals surface area contributed by atoms with Crippen LogP contribution in [-0.4, -0.2) is 58.9 Å². The zero-order valence-electron chi connectivity index (χ0n) is 17.7. The summed E-state index contributed by atoms with van der Waals surface area (Å²) in [4.78, 5) is 9.98. The van der Waals surface area contributed by atoms with Gasteiger partial charge in [0.1, 0.15) is 0 Å². The first-order valence-corrected chi connectivity index (χ1v) is 12.4. The van der Waals surface area contributed by atoms with Crippen molar-refractivity contribution in [2.75, 3.05) is 0 Å². The molecule has 190 valence electrons. The molecule has 2 aromatic heterocycles. The number of carboxylic acids is 1. The highest BCUT2D eigenvalue weighted by atomic mass is 32.3. The SMILES string of the molecule is O=C(O)C(F)(F)F.O=S(=O)(NS(=O)(=O)c1ccnn1-c1ccccc1)c1ccc(-n2nccn2)cc1. The Kier molecular flexibility index (Phi) is 7.56. The van der Waals surface area contributed by atoms with Crippen molar-refractivity contribution in [2.24, 2.45) is 0 Å². The molecular weight excluding hydrogens is 529 g/mol. The Bertz CT molecular complexity index is 1540. The van der Waals surface area contributed by atoms with Crippen LogP contribution in [0.3, 0.4) is 0 Å². The van der Waals surface area contributed by atoms with Crippen LogP contribution < -0.4 is 4.13 Å². The minimum atomic E-state index is -5.08. The second-order valence-corrected chi connectivity index (χ2v) is 10.2. The summed E-state index contributed by atoms with van der Waals surface area (Å²) in [5, 5.41) is 18.7. The van der Waals surface area contributed by atoms with E-state index >= 15 is 0 Å². The van der Waals surface area contributed by atoms with Gasteiger partial charge < -0.3 is 5.11 Å². The molecule has 0 saturated carbocycles. The number of nitrogens with zero attached hydrogens (tertiary/aromatic N) is 5. The molecule has 0 saturated heterocycles. The van der Waals surface area contributed by atoms with Crippen LogP contribution in [-0.2, 0) is 24.8 Å². The van der Waals surface area contributed by atoms with Crippen molar-refractivity contribution in [1.29, 1.82) is 0 Å². The largest absolute Gasteiger partial charge is 0.490 e. The first kappa shape index (κ1) is 26.5. The summed E-state index contributed by atoms with van der Waals surface area (Å²) in [7, 11) is -8.78. The number of halogens is 3. The quantitative estimate of drug-likeness (QED) is 0.368. The van der Waals surface area contributed by atoms with Crippen LogP contribution in [0.15, 0.2) is 89.2 Å². The minimum absolute atomic E-state index is 0.220. The zero-order valence-corrected chi connectivity index (χ0v) is 19.3.